The zero-order valence-corrected chi connectivity index (χ0v) is 13.5. The molecule has 2 aliphatic heterocycles. The summed E-state index contributed by atoms with van der Waals surface area (Å²) in [5, 5.41) is 12.7. The van der Waals surface area contributed by atoms with Gasteiger partial charge in [0.2, 0.25) is 0 Å². The molecule has 1 amide bonds. The van der Waals surface area contributed by atoms with E-state index in [9.17, 15) is 9.90 Å². The molecule has 7 heteroatoms. The number of nitrogens with zero attached hydrogens (tertiary/aromatic N) is 4. The summed E-state index contributed by atoms with van der Waals surface area (Å²) in [6.07, 6.45) is 5.22. The molecule has 1 saturated heterocycles. The second-order valence-corrected chi connectivity index (χ2v) is 6.56. The Morgan fingerprint density at radius 1 is 1.33 bits per heavy atom. The summed E-state index contributed by atoms with van der Waals surface area (Å²) < 4.78 is 0. The summed E-state index contributed by atoms with van der Waals surface area (Å²) in [5.41, 5.74) is 2.78. The first-order valence-corrected chi connectivity index (χ1v) is 8.10. The van der Waals surface area contributed by atoms with Crippen molar-refractivity contribution in [3.05, 3.63) is 35.8 Å². The molecule has 0 radical (unpaired) electrons. The fourth-order valence-corrected chi connectivity index (χ4v) is 3.64. The summed E-state index contributed by atoms with van der Waals surface area (Å²) in [6, 6.07) is 3.90. The van der Waals surface area contributed by atoms with Crippen LogP contribution >= 0.6 is 0 Å². The maximum atomic E-state index is 11.2. The average molecular weight is 325 g/mol. The van der Waals surface area contributed by atoms with E-state index in [1.807, 2.05) is 6.92 Å². The Labute approximate surface area is 139 Å². The summed E-state index contributed by atoms with van der Waals surface area (Å²) in [7, 11) is 0. The topological polar surface area (TPSA) is 91.2 Å². The quantitative estimate of drug-likeness (QED) is 0.836. The zero-order chi connectivity index (χ0) is 16.7. The molecule has 2 N–H and O–H groups in total. The number of hydrogen-bond donors (Lipinski definition) is 2. The van der Waals surface area contributed by atoms with Gasteiger partial charge in [0.1, 0.15) is 5.82 Å². The summed E-state index contributed by atoms with van der Waals surface area (Å²) in [6.45, 7) is 3.05. The highest BCUT2D eigenvalue weighted by Gasteiger charge is 2.42. The molecule has 2 aromatic rings. The van der Waals surface area contributed by atoms with Gasteiger partial charge in [0, 0.05) is 31.0 Å². The van der Waals surface area contributed by atoms with Gasteiger partial charge in [-0.15, -0.1) is 0 Å². The van der Waals surface area contributed by atoms with Gasteiger partial charge >= 0.3 is 6.09 Å². The van der Waals surface area contributed by atoms with Gasteiger partial charge in [0.05, 0.1) is 11.2 Å². The van der Waals surface area contributed by atoms with Crippen LogP contribution in [0.3, 0.4) is 0 Å². The predicted molar refractivity (Wildman–Crippen MR) is 88.9 cm³/mol. The normalized spacial score (nSPS) is 22.3. The Morgan fingerprint density at radius 3 is 2.83 bits per heavy atom. The minimum absolute atomic E-state index is 0.185. The van der Waals surface area contributed by atoms with Crippen LogP contribution in [-0.4, -0.2) is 49.7 Å². The minimum Gasteiger partial charge on any atom is -0.465 e. The number of likely N-dealkylation sites (tertiary alicyclic amines) is 1. The van der Waals surface area contributed by atoms with E-state index in [1.54, 1.807) is 18.5 Å². The number of anilines is 1. The van der Waals surface area contributed by atoms with Crippen LogP contribution in [0, 0.1) is 6.92 Å². The monoisotopic (exact) mass is 325 g/mol. The fraction of sp³-hybridized carbons (Fsp3) is 0.412. The molecule has 124 valence electrons. The van der Waals surface area contributed by atoms with E-state index in [1.165, 1.54) is 4.90 Å². The van der Waals surface area contributed by atoms with E-state index in [0.29, 0.717) is 18.9 Å². The van der Waals surface area contributed by atoms with Gasteiger partial charge in [-0.2, -0.15) is 0 Å². The number of carbonyl (C=O) groups is 1. The maximum absolute atomic E-state index is 11.2. The van der Waals surface area contributed by atoms with Gasteiger partial charge in [0.25, 0.3) is 0 Å². The third kappa shape index (κ3) is 2.46. The van der Waals surface area contributed by atoms with Gasteiger partial charge in [-0.05, 0) is 43.9 Å². The van der Waals surface area contributed by atoms with Crippen LogP contribution in [-0.2, 0) is 6.42 Å². The van der Waals surface area contributed by atoms with Gasteiger partial charge < -0.3 is 15.3 Å². The molecule has 1 spiro atoms. The molecule has 4 heterocycles. The van der Waals surface area contributed by atoms with Crippen molar-refractivity contribution in [1.82, 2.24) is 19.9 Å². The Hall–Kier alpha value is -2.70. The lowest BCUT2D eigenvalue weighted by atomic mass is 9.86. The van der Waals surface area contributed by atoms with E-state index in [4.69, 9.17) is 4.98 Å². The second-order valence-electron chi connectivity index (χ2n) is 6.56. The number of aromatic nitrogens is 3. The van der Waals surface area contributed by atoms with Crippen molar-refractivity contribution in [2.45, 2.75) is 31.7 Å². The number of aryl methyl sites for hydroxylation is 2. The Balaban J connectivity index is 1.64. The van der Waals surface area contributed by atoms with E-state index < -0.39 is 6.09 Å². The van der Waals surface area contributed by atoms with Crippen LogP contribution in [0.5, 0.6) is 0 Å². The largest absolute Gasteiger partial charge is 0.465 e. The van der Waals surface area contributed by atoms with E-state index in [-0.39, 0.29) is 5.54 Å². The van der Waals surface area contributed by atoms with E-state index >= 15 is 0 Å². The fourth-order valence-electron chi connectivity index (χ4n) is 3.64. The molecule has 0 saturated carbocycles. The number of rotatable bonds is 1. The van der Waals surface area contributed by atoms with Crippen LogP contribution in [0.15, 0.2) is 24.5 Å². The lowest BCUT2D eigenvalue weighted by molar-refractivity contribution is 0.153. The first-order valence-electron chi connectivity index (χ1n) is 8.10. The molecule has 2 aromatic heterocycles. The van der Waals surface area contributed by atoms with Crippen LogP contribution < -0.4 is 5.32 Å². The maximum Gasteiger partial charge on any atom is 0.407 e. The molecule has 1 fully saturated rings. The Kier molecular flexibility index (Phi) is 3.37. The van der Waals surface area contributed by atoms with Crippen molar-refractivity contribution in [1.29, 1.82) is 0 Å². The lowest BCUT2D eigenvalue weighted by Gasteiger charge is -2.36. The molecular weight excluding hydrogens is 306 g/mol. The van der Waals surface area contributed by atoms with Crippen LogP contribution in [0.2, 0.25) is 0 Å². The second kappa shape index (κ2) is 5.43. The third-order valence-corrected chi connectivity index (χ3v) is 4.98. The molecule has 0 bridgehead atoms. The van der Waals surface area contributed by atoms with Gasteiger partial charge in [0.15, 0.2) is 5.82 Å². The van der Waals surface area contributed by atoms with Gasteiger partial charge in [-0.25, -0.2) is 19.7 Å². The lowest BCUT2D eigenvalue weighted by Crippen LogP contribution is -2.45. The summed E-state index contributed by atoms with van der Waals surface area (Å²) in [5.74, 6) is 1.55. The predicted octanol–water partition coefficient (Wildman–Crippen LogP) is 2.33. The molecule has 24 heavy (non-hydrogen) atoms. The minimum atomic E-state index is -0.847. The van der Waals surface area contributed by atoms with Crippen molar-refractivity contribution in [3.63, 3.8) is 0 Å². The van der Waals surface area contributed by atoms with Crippen molar-refractivity contribution in [2.24, 2.45) is 0 Å². The van der Waals surface area contributed by atoms with Crippen molar-refractivity contribution in [2.75, 3.05) is 18.4 Å². The van der Waals surface area contributed by atoms with Crippen molar-refractivity contribution in [3.8, 4) is 11.4 Å². The molecular formula is C17H19N5O2. The van der Waals surface area contributed by atoms with Crippen LogP contribution in [0.4, 0.5) is 10.6 Å². The van der Waals surface area contributed by atoms with Crippen molar-refractivity contribution >= 4 is 11.9 Å². The average Bonchev–Trinajstić information content (AvgIpc) is 2.99. The first-order chi connectivity index (χ1) is 11.6. The third-order valence-electron chi connectivity index (χ3n) is 4.98. The first kappa shape index (κ1) is 14.9. The number of carboxylic acid groups (broad SMARTS) is 1. The number of amides is 1. The van der Waals surface area contributed by atoms with E-state index in [2.05, 4.69) is 21.4 Å². The SMILES string of the molecule is Cc1nc2c(cc1-c1ncccn1)CC[C@@]1(CCN(C(=O)O)C1)N2. The molecule has 7 nitrogen and oxygen atoms in total. The van der Waals surface area contributed by atoms with Crippen LogP contribution in [0.25, 0.3) is 11.4 Å². The molecule has 1 atom stereocenters. The van der Waals surface area contributed by atoms with Gasteiger partial charge in [-0.1, -0.05) is 0 Å². The zero-order valence-electron chi connectivity index (χ0n) is 13.5. The number of nitrogens with one attached hydrogen (secondary N) is 1. The molecule has 2 aliphatic rings. The van der Waals surface area contributed by atoms with Crippen LogP contribution in [0.1, 0.15) is 24.1 Å². The van der Waals surface area contributed by atoms with Gasteiger partial charge in [-0.3, -0.25) is 0 Å². The number of fused-ring (bicyclic) bond motifs is 1. The molecule has 4 rings (SSSR count). The highest BCUT2D eigenvalue weighted by molar-refractivity contribution is 5.67. The highest BCUT2D eigenvalue weighted by Crippen LogP contribution is 2.37. The molecule has 0 aromatic carbocycles. The summed E-state index contributed by atoms with van der Waals surface area (Å²) >= 11 is 0. The smallest absolute Gasteiger partial charge is 0.407 e. The van der Waals surface area contributed by atoms with Crippen molar-refractivity contribution < 1.29 is 9.90 Å². The Bertz CT molecular complexity index is 795. The molecule has 0 aliphatic carbocycles. The summed E-state index contributed by atoms with van der Waals surface area (Å²) in [4.78, 5) is 26.0. The number of pyridine rings is 1. The van der Waals surface area contributed by atoms with E-state index in [0.717, 1.165) is 41.9 Å². The standard InChI is InChI=1S/C17H19N5O2/c1-11-13(15-18-6-2-7-19-15)9-12-3-4-17(21-14(12)20-11)5-8-22(10-17)16(23)24/h2,6-7,9H,3-5,8,10H2,1H3,(H,20,21)(H,23,24)/t17-/m0/s1. The Morgan fingerprint density at radius 2 is 2.12 bits per heavy atom. The highest BCUT2D eigenvalue weighted by atomic mass is 16.4. The molecule has 0 unspecified atom stereocenters. The number of hydrogen-bond acceptors (Lipinski definition) is 5.